The van der Waals surface area contributed by atoms with E-state index in [-0.39, 0.29) is 23.8 Å². The van der Waals surface area contributed by atoms with Crippen LogP contribution in [0.25, 0.3) is 11.3 Å². The standard InChI is InChI=1S/C22H21N3O7/c1-29-15-5-7-17(18(12-15)25(27)28)19-9-6-16(32-19)13-23-24-22(26)11-14-4-8-20(30-2)21(10-14)31-3/h4-10,12-13H,11H2,1-3H3,(H,24,26)/b23-13-. The van der Waals surface area contributed by atoms with Crippen molar-refractivity contribution in [1.29, 1.82) is 0 Å². The summed E-state index contributed by atoms with van der Waals surface area (Å²) in [6, 6.07) is 12.8. The Hall–Kier alpha value is -4.34. The number of benzene rings is 2. The summed E-state index contributed by atoms with van der Waals surface area (Å²) in [6.45, 7) is 0. The third-order valence-electron chi connectivity index (χ3n) is 4.49. The summed E-state index contributed by atoms with van der Waals surface area (Å²) in [5, 5.41) is 15.2. The molecule has 3 aromatic rings. The van der Waals surface area contributed by atoms with E-state index in [0.29, 0.717) is 28.6 Å². The lowest BCUT2D eigenvalue weighted by molar-refractivity contribution is -0.384. The van der Waals surface area contributed by atoms with Gasteiger partial charge < -0.3 is 18.6 Å². The molecule has 0 radical (unpaired) electrons. The second kappa shape index (κ2) is 10.1. The van der Waals surface area contributed by atoms with Gasteiger partial charge in [-0.25, -0.2) is 5.43 Å². The summed E-state index contributed by atoms with van der Waals surface area (Å²) in [5.74, 6) is 1.73. The summed E-state index contributed by atoms with van der Waals surface area (Å²) in [6.07, 6.45) is 1.39. The van der Waals surface area contributed by atoms with Crippen molar-refractivity contribution in [2.45, 2.75) is 6.42 Å². The second-order valence-electron chi connectivity index (χ2n) is 6.50. The number of nitro benzene ring substituents is 1. The molecule has 0 saturated carbocycles. The first kappa shape index (κ1) is 22.3. The maximum absolute atomic E-state index is 12.1. The van der Waals surface area contributed by atoms with E-state index in [4.69, 9.17) is 18.6 Å². The summed E-state index contributed by atoms with van der Waals surface area (Å²) in [7, 11) is 4.48. The van der Waals surface area contributed by atoms with Gasteiger partial charge in [0.1, 0.15) is 17.3 Å². The molecular weight excluding hydrogens is 418 g/mol. The number of hydrogen-bond acceptors (Lipinski definition) is 8. The molecule has 0 atom stereocenters. The number of rotatable bonds is 9. The molecule has 0 aliphatic carbocycles. The van der Waals surface area contributed by atoms with Gasteiger partial charge in [-0.3, -0.25) is 14.9 Å². The smallest absolute Gasteiger partial charge is 0.284 e. The van der Waals surface area contributed by atoms with Crippen LogP contribution in [0.3, 0.4) is 0 Å². The highest BCUT2D eigenvalue weighted by molar-refractivity contribution is 5.82. The van der Waals surface area contributed by atoms with Gasteiger partial charge in [-0.1, -0.05) is 6.07 Å². The van der Waals surface area contributed by atoms with Gasteiger partial charge in [0.2, 0.25) is 5.91 Å². The quantitative estimate of drug-likeness (QED) is 0.307. The molecule has 0 aliphatic rings. The van der Waals surface area contributed by atoms with Gasteiger partial charge >= 0.3 is 0 Å². The number of hydrogen-bond donors (Lipinski definition) is 1. The zero-order valence-corrected chi connectivity index (χ0v) is 17.7. The van der Waals surface area contributed by atoms with Crippen molar-refractivity contribution in [3.63, 3.8) is 0 Å². The number of furan rings is 1. The maximum atomic E-state index is 12.1. The highest BCUT2D eigenvalue weighted by Gasteiger charge is 2.19. The molecular formula is C22H21N3O7. The second-order valence-corrected chi connectivity index (χ2v) is 6.50. The number of ether oxygens (including phenoxy) is 3. The van der Waals surface area contributed by atoms with Gasteiger partial charge in [0.25, 0.3) is 5.69 Å². The number of hydrazone groups is 1. The zero-order chi connectivity index (χ0) is 23.1. The molecule has 1 heterocycles. The minimum atomic E-state index is -0.511. The Labute approximate surface area is 183 Å². The third kappa shape index (κ3) is 5.22. The van der Waals surface area contributed by atoms with Gasteiger partial charge in [0.05, 0.1) is 50.5 Å². The van der Waals surface area contributed by atoms with E-state index in [0.717, 1.165) is 5.56 Å². The first-order valence-electron chi connectivity index (χ1n) is 9.40. The van der Waals surface area contributed by atoms with Crippen LogP contribution < -0.4 is 19.6 Å². The van der Waals surface area contributed by atoms with Crippen molar-refractivity contribution >= 4 is 17.8 Å². The molecule has 0 unspecified atom stereocenters. The number of nitrogens with zero attached hydrogens (tertiary/aromatic N) is 2. The molecule has 10 heteroatoms. The van der Waals surface area contributed by atoms with Crippen molar-refractivity contribution in [2.75, 3.05) is 21.3 Å². The minimum absolute atomic E-state index is 0.0825. The van der Waals surface area contributed by atoms with E-state index in [1.54, 1.807) is 42.5 Å². The van der Waals surface area contributed by atoms with Crippen LogP contribution in [0.2, 0.25) is 0 Å². The molecule has 32 heavy (non-hydrogen) atoms. The Balaban J connectivity index is 1.65. The highest BCUT2D eigenvalue weighted by Crippen LogP contribution is 2.34. The number of amides is 1. The number of nitro groups is 1. The van der Waals surface area contributed by atoms with Crippen LogP contribution >= 0.6 is 0 Å². The van der Waals surface area contributed by atoms with Crippen LogP contribution in [0.15, 0.2) is 58.0 Å². The van der Waals surface area contributed by atoms with Gasteiger partial charge in [-0.2, -0.15) is 5.10 Å². The van der Waals surface area contributed by atoms with E-state index in [9.17, 15) is 14.9 Å². The first-order valence-corrected chi connectivity index (χ1v) is 9.40. The summed E-state index contributed by atoms with van der Waals surface area (Å²) in [5.41, 5.74) is 3.29. The topological polar surface area (TPSA) is 125 Å². The van der Waals surface area contributed by atoms with Crippen LogP contribution in [-0.4, -0.2) is 38.4 Å². The predicted molar refractivity (Wildman–Crippen MR) is 116 cm³/mol. The first-order chi connectivity index (χ1) is 15.4. The van der Waals surface area contributed by atoms with Crippen molar-refractivity contribution in [1.82, 2.24) is 5.43 Å². The van der Waals surface area contributed by atoms with Gasteiger partial charge in [0, 0.05) is 0 Å². The van der Waals surface area contributed by atoms with E-state index in [1.165, 1.54) is 33.6 Å². The van der Waals surface area contributed by atoms with Crippen LogP contribution in [0.4, 0.5) is 5.69 Å². The SMILES string of the molecule is COc1ccc(-c2ccc(/C=N\NC(=O)Cc3ccc(OC)c(OC)c3)o2)c([N+](=O)[O-])c1. The fraction of sp³-hybridized carbons (Fsp3) is 0.182. The van der Waals surface area contributed by atoms with E-state index < -0.39 is 4.92 Å². The highest BCUT2D eigenvalue weighted by atomic mass is 16.6. The summed E-state index contributed by atoms with van der Waals surface area (Å²) in [4.78, 5) is 23.0. The van der Waals surface area contributed by atoms with Crippen molar-refractivity contribution < 1.29 is 28.3 Å². The van der Waals surface area contributed by atoms with E-state index >= 15 is 0 Å². The average molecular weight is 439 g/mol. The van der Waals surface area contributed by atoms with Crippen molar-refractivity contribution in [3.8, 4) is 28.6 Å². The molecule has 0 fully saturated rings. The van der Waals surface area contributed by atoms with E-state index in [2.05, 4.69) is 10.5 Å². The van der Waals surface area contributed by atoms with Crippen LogP contribution in [0.5, 0.6) is 17.2 Å². The molecule has 0 bridgehead atoms. The molecule has 10 nitrogen and oxygen atoms in total. The Bertz CT molecular complexity index is 1150. The molecule has 1 amide bonds. The summed E-state index contributed by atoms with van der Waals surface area (Å²) < 4.78 is 21.0. The normalized spacial score (nSPS) is 10.7. The molecule has 0 saturated heterocycles. The number of methoxy groups -OCH3 is 3. The minimum Gasteiger partial charge on any atom is -0.497 e. The molecule has 0 spiro atoms. The summed E-state index contributed by atoms with van der Waals surface area (Å²) >= 11 is 0. The lowest BCUT2D eigenvalue weighted by atomic mass is 10.1. The Morgan fingerprint density at radius 2 is 1.84 bits per heavy atom. The van der Waals surface area contributed by atoms with E-state index in [1.807, 2.05) is 0 Å². The van der Waals surface area contributed by atoms with Gasteiger partial charge in [0.15, 0.2) is 11.5 Å². The molecule has 1 N–H and O–H groups in total. The van der Waals surface area contributed by atoms with Gasteiger partial charge in [-0.15, -0.1) is 0 Å². The Morgan fingerprint density at radius 1 is 1.06 bits per heavy atom. The Morgan fingerprint density at radius 3 is 2.53 bits per heavy atom. The lowest BCUT2D eigenvalue weighted by Crippen LogP contribution is -2.19. The largest absolute Gasteiger partial charge is 0.497 e. The monoisotopic (exact) mass is 439 g/mol. The fourth-order valence-corrected chi connectivity index (χ4v) is 2.95. The molecule has 3 rings (SSSR count). The lowest BCUT2D eigenvalue weighted by Gasteiger charge is -2.09. The predicted octanol–water partition coefficient (Wildman–Crippen LogP) is 3.57. The number of nitrogens with one attached hydrogen (secondary N) is 1. The van der Waals surface area contributed by atoms with Crippen molar-refractivity contribution in [2.24, 2.45) is 5.10 Å². The molecule has 2 aromatic carbocycles. The molecule has 1 aromatic heterocycles. The van der Waals surface area contributed by atoms with Crippen LogP contribution in [0.1, 0.15) is 11.3 Å². The average Bonchev–Trinajstić information content (AvgIpc) is 3.27. The Kier molecular flexibility index (Phi) is 7.06. The number of carbonyl (C=O) groups excluding carboxylic acids is 1. The van der Waals surface area contributed by atoms with Crippen LogP contribution in [0, 0.1) is 10.1 Å². The maximum Gasteiger partial charge on any atom is 0.284 e. The number of carbonyl (C=O) groups is 1. The zero-order valence-electron chi connectivity index (χ0n) is 17.7. The molecule has 166 valence electrons. The van der Waals surface area contributed by atoms with Gasteiger partial charge in [-0.05, 0) is 42.0 Å². The van der Waals surface area contributed by atoms with Crippen LogP contribution in [-0.2, 0) is 11.2 Å². The van der Waals surface area contributed by atoms with Crippen molar-refractivity contribution in [3.05, 3.63) is 70.0 Å². The molecule has 0 aliphatic heterocycles. The third-order valence-corrected chi connectivity index (χ3v) is 4.49. The fourth-order valence-electron chi connectivity index (χ4n) is 2.95.